The van der Waals surface area contributed by atoms with Gasteiger partial charge >= 0.3 is 0 Å². The van der Waals surface area contributed by atoms with Crippen LogP contribution in [-0.2, 0) is 14.6 Å². The molecule has 2 aromatic carbocycles. The average Bonchev–Trinajstić information content (AvgIpc) is 3.12. The van der Waals surface area contributed by atoms with E-state index in [0.717, 1.165) is 10.8 Å². The minimum absolute atomic E-state index is 0.00642. The number of rotatable bonds is 4. The number of likely N-dealkylation sites (tertiary alicyclic amines) is 1. The summed E-state index contributed by atoms with van der Waals surface area (Å²) in [6.07, 6.45) is 1.76. The highest BCUT2D eigenvalue weighted by Crippen LogP contribution is 2.27. The van der Waals surface area contributed by atoms with E-state index in [0.29, 0.717) is 44.5 Å². The van der Waals surface area contributed by atoms with Crippen molar-refractivity contribution in [3.8, 4) is 0 Å². The average molecular weight is 429 g/mol. The van der Waals surface area contributed by atoms with Gasteiger partial charge in [0.2, 0.25) is 5.91 Å². The van der Waals surface area contributed by atoms with E-state index in [1.165, 1.54) is 0 Å². The molecule has 0 N–H and O–H groups in total. The van der Waals surface area contributed by atoms with Gasteiger partial charge in [0.15, 0.2) is 9.84 Å². The van der Waals surface area contributed by atoms with Crippen LogP contribution in [0.25, 0.3) is 10.8 Å². The van der Waals surface area contributed by atoms with Crippen LogP contribution in [0.2, 0.25) is 0 Å². The number of benzene rings is 2. The van der Waals surface area contributed by atoms with Crippen LogP contribution in [0, 0.1) is 5.92 Å². The van der Waals surface area contributed by atoms with E-state index >= 15 is 0 Å². The summed E-state index contributed by atoms with van der Waals surface area (Å²) in [6, 6.07) is 13.4. The molecule has 2 saturated heterocycles. The number of carbonyl (C=O) groups excluding carboxylic acids is 2. The Morgan fingerprint density at radius 2 is 1.73 bits per heavy atom. The largest absolute Gasteiger partial charge is 0.339 e. The summed E-state index contributed by atoms with van der Waals surface area (Å²) in [5.74, 6) is 0.137. The maximum atomic E-state index is 13.1. The molecule has 7 heteroatoms. The van der Waals surface area contributed by atoms with Gasteiger partial charge in [0.1, 0.15) is 0 Å². The van der Waals surface area contributed by atoms with Crippen LogP contribution in [0.15, 0.2) is 42.5 Å². The molecule has 1 unspecified atom stereocenters. The first-order chi connectivity index (χ1) is 14.4. The second-order valence-corrected chi connectivity index (χ2v) is 10.5. The third-order valence-corrected chi connectivity index (χ3v) is 8.17. The highest BCUT2D eigenvalue weighted by Gasteiger charge is 2.37. The van der Waals surface area contributed by atoms with E-state index in [9.17, 15) is 18.0 Å². The summed E-state index contributed by atoms with van der Waals surface area (Å²) in [4.78, 5) is 29.8. The summed E-state index contributed by atoms with van der Waals surface area (Å²) in [6.45, 7) is 3.51. The Kier molecular flexibility index (Phi) is 5.82. The molecule has 6 nitrogen and oxygen atoms in total. The van der Waals surface area contributed by atoms with Gasteiger partial charge in [-0.05, 0) is 43.0 Å². The van der Waals surface area contributed by atoms with Crippen molar-refractivity contribution >= 4 is 32.4 Å². The normalized spacial score (nSPS) is 21.6. The summed E-state index contributed by atoms with van der Waals surface area (Å²) >= 11 is 0. The van der Waals surface area contributed by atoms with Gasteiger partial charge in [-0.3, -0.25) is 9.59 Å². The van der Waals surface area contributed by atoms with Gasteiger partial charge in [-0.15, -0.1) is 0 Å². The lowest BCUT2D eigenvalue weighted by Crippen LogP contribution is -2.48. The Hall–Kier alpha value is -2.41. The maximum Gasteiger partial charge on any atom is 0.254 e. The monoisotopic (exact) mass is 428 g/mol. The molecule has 0 bridgehead atoms. The molecule has 2 aliphatic heterocycles. The summed E-state index contributed by atoms with van der Waals surface area (Å²) in [7, 11) is -3.03. The van der Waals surface area contributed by atoms with Crippen molar-refractivity contribution < 1.29 is 18.0 Å². The van der Waals surface area contributed by atoms with Gasteiger partial charge in [0.25, 0.3) is 5.91 Å². The first kappa shape index (κ1) is 20.8. The van der Waals surface area contributed by atoms with E-state index in [1.807, 2.05) is 54.3 Å². The van der Waals surface area contributed by atoms with Gasteiger partial charge in [-0.2, -0.15) is 0 Å². The molecule has 160 valence electrons. The SMILES string of the molecule is CCN(C(=O)C1CCN(C(=O)c2cccc3ccccc23)CC1)C1CCS(=O)(=O)C1. The van der Waals surface area contributed by atoms with Gasteiger partial charge in [0, 0.05) is 37.2 Å². The van der Waals surface area contributed by atoms with Crippen molar-refractivity contribution in [2.45, 2.75) is 32.2 Å². The van der Waals surface area contributed by atoms with Crippen molar-refractivity contribution in [1.82, 2.24) is 9.80 Å². The molecule has 2 amide bonds. The van der Waals surface area contributed by atoms with E-state index in [1.54, 1.807) is 4.90 Å². The lowest BCUT2D eigenvalue weighted by molar-refractivity contribution is -0.138. The molecule has 2 aliphatic rings. The number of carbonyl (C=O) groups is 2. The van der Waals surface area contributed by atoms with Crippen molar-refractivity contribution in [2.75, 3.05) is 31.1 Å². The molecule has 2 aromatic rings. The Balaban J connectivity index is 1.42. The van der Waals surface area contributed by atoms with E-state index in [-0.39, 0.29) is 35.3 Å². The third kappa shape index (κ3) is 4.08. The molecule has 0 aliphatic carbocycles. The second kappa shape index (κ2) is 8.38. The topological polar surface area (TPSA) is 74.8 Å². The Bertz CT molecular complexity index is 1050. The van der Waals surface area contributed by atoms with E-state index in [4.69, 9.17) is 0 Å². The highest BCUT2D eigenvalue weighted by molar-refractivity contribution is 7.91. The molecular formula is C23H28N2O4S. The van der Waals surface area contributed by atoms with Gasteiger partial charge in [-0.1, -0.05) is 36.4 Å². The molecule has 2 fully saturated rings. The van der Waals surface area contributed by atoms with Crippen LogP contribution in [0.5, 0.6) is 0 Å². The number of hydrogen-bond donors (Lipinski definition) is 0. The summed E-state index contributed by atoms with van der Waals surface area (Å²) < 4.78 is 23.6. The van der Waals surface area contributed by atoms with Crippen LogP contribution < -0.4 is 0 Å². The molecule has 2 heterocycles. The van der Waals surface area contributed by atoms with Gasteiger partial charge in [0.05, 0.1) is 11.5 Å². The maximum absolute atomic E-state index is 13.1. The van der Waals surface area contributed by atoms with Crippen LogP contribution >= 0.6 is 0 Å². The molecule has 30 heavy (non-hydrogen) atoms. The fraction of sp³-hybridized carbons (Fsp3) is 0.478. The van der Waals surface area contributed by atoms with E-state index in [2.05, 4.69) is 0 Å². The number of fused-ring (bicyclic) bond motifs is 1. The fourth-order valence-corrected chi connectivity index (χ4v) is 6.49. The fourth-order valence-electron chi connectivity index (χ4n) is 4.76. The first-order valence-corrected chi connectivity index (χ1v) is 12.5. The predicted molar refractivity (Wildman–Crippen MR) is 117 cm³/mol. The molecule has 0 aromatic heterocycles. The molecule has 0 radical (unpaired) electrons. The highest BCUT2D eigenvalue weighted by atomic mass is 32.2. The smallest absolute Gasteiger partial charge is 0.254 e. The molecule has 0 saturated carbocycles. The molecular weight excluding hydrogens is 400 g/mol. The number of nitrogens with zero attached hydrogens (tertiary/aromatic N) is 2. The van der Waals surface area contributed by atoms with Crippen LogP contribution in [-0.4, -0.2) is 67.2 Å². The van der Waals surface area contributed by atoms with Crippen molar-refractivity contribution in [3.63, 3.8) is 0 Å². The lowest BCUT2D eigenvalue weighted by Gasteiger charge is -2.36. The quantitative estimate of drug-likeness (QED) is 0.751. The number of sulfone groups is 1. The zero-order valence-electron chi connectivity index (χ0n) is 17.3. The summed E-state index contributed by atoms with van der Waals surface area (Å²) in [5, 5.41) is 1.99. The Morgan fingerprint density at radius 1 is 1.03 bits per heavy atom. The minimum Gasteiger partial charge on any atom is -0.339 e. The van der Waals surface area contributed by atoms with Gasteiger partial charge in [-0.25, -0.2) is 8.42 Å². The Labute approximate surface area is 177 Å². The molecule has 4 rings (SSSR count). The summed E-state index contributed by atoms with van der Waals surface area (Å²) in [5.41, 5.74) is 0.698. The second-order valence-electron chi connectivity index (χ2n) is 8.27. The first-order valence-electron chi connectivity index (χ1n) is 10.7. The minimum atomic E-state index is -3.03. The number of hydrogen-bond acceptors (Lipinski definition) is 4. The van der Waals surface area contributed by atoms with Crippen LogP contribution in [0.3, 0.4) is 0 Å². The van der Waals surface area contributed by atoms with Crippen molar-refractivity contribution in [2.24, 2.45) is 5.92 Å². The standard InChI is InChI=1S/C23H28N2O4S/c1-2-25(19-12-15-30(28,29)16-19)22(26)18-10-13-24(14-11-18)23(27)21-9-5-7-17-6-3-4-8-20(17)21/h3-9,18-19H,2,10-16H2,1H3. The predicted octanol–water partition coefficient (Wildman–Crippen LogP) is 2.73. The molecule has 1 atom stereocenters. The van der Waals surface area contributed by atoms with Crippen LogP contribution in [0.4, 0.5) is 0 Å². The number of amides is 2. The van der Waals surface area contributed by atoms with Crippen molar-refractivity contribution in [1.29, 1.82) is 0 Å². The lowest BCUT2D eigenvalue weighted by atomic mass is 9.93. The number of piperidine rings is 1. The van der Waals surface area contributed by atoms with Crippen LogP contribution in [0.1, 0.15) is 36.5 Å². The zero-order chi connectivity index (χ0) is 21.3. The van der Waals surface area contributed by atoms with Gasteiger partial charge < -0.3 is 9.80 Å². The third-order valence-electron chi connectivity index (χ3n) is 6.42. The molecule has 0 spiro atoms. The zero-order valence-corrected chi connectivity index (χ0v) is 18.1. The van der Waals surface area contributed by atoms with E-state index < -0.39 is 9.84 Å². The Morgan fingerprint density at radius 3 is 2.40 bits per heavy atom. The van der Waals surface area contributed by atoms with Crippen molar-refractivity contribution in [3.05, 3.63) is 48.0 Å².